The average molecular weight is 525 g/mol. The molecule has 6 aromatic carbocycles. The van der Waals surface area contributed by atoms with Gasteiger partial charge in [0.05, 0.1) is 28.8 Å². The van der Waals surface area contributed by atoms with Gasteiger partial charge >= 0.3 is 0 Å². The van der Waals surface area contributed by atoms with Crippen LogP contribution in [0.5, 0.6) is 5.75 Å². The molecule has 2 aliphatic rings. The lowest BCUT2D eigenvalue weighted by atomic mass is 9.79. The van der Waals surface area contributed by atoms with Gasteiger partial charge in [0, 0.05) is 21.9 Å². The topological polar surface area (TPSA) is 35.0 Å². The molecule has 0 N–H and O–H groups in total. The Morgan fingerprint density at radius 3 is 2.17 bits per heavy atom. The van der Waals surface area contributed by atoms with Crippen LogP contribution in [0, 0.1) is 0 Å². The summed E-state index contributed by atoms with van der Waals surface area (Å²) in [5, 5.41) is 4.66. The fourth-order valence-electron chi connectivity index (χ4n) is 6.83. The van der Waals surface area contributed by atoms with Gasteiger partial charge < -0.3 is 4.74 Å². The third-order valence-corrected chi connectivity index (χ3v) is 8.66. The maximum Gasteiger partial charge on any atom is 0.128 e. The Balaban J connectivity index is 1.21. The van der Waals surface area contributed by atoms with E-state index in [0.29, 0.717) is 0 Å². The first-order valence-corrected chi connectivity index (χ1v) is 14.1. The third kappa shape index (κ3) is 3.33. The fraction of sp³-hybridized carbons (Fsp3) is 0.0526. The van der Waals surface area contributed by atoms with Crippen molar-refractivity contribution in [3.63, 3.8) is 0 Å². The molecule has 9 rings (SSSR count). The number of hydrogen-bond acceptors (Lipinski definition) is 3. The monoisotopic (exact) mass is 524 g/mol. The van der Waals surface area contributed by atoms with Crippen LogP contribution in [-0.2, 0) is 0 Å². The van der Waals surface area contributed by atoms with E-state index in [4.69, 9.17) is 14.7 Å². The Morgan fingerprint density at radius 1 is 0.610 bits per heavy atom. The average Bonchev–Trinajstić information content (AvgIpc) is 3.44. The molecule has 2 heterocycles. The van der Waals surface area contributed by atoms with E-state index in [1.54, 1.807) is 0 Å². The molecular weight excluding hydrogens is 500 g/mol. The molecule has 41 heavy (non-hydrogen) atoms. The lowest BCUT2D eigenvalue weighted by Crippen LogP contribution is -2.20. The molecule has 0 spiro atoms. The highest BCUT2D eigenvalue weighted by Gasteiger charge is 2.38. The highest BCUT2D eigenvalue weighted by molar-refractivity contribution is 6.23. The second-order valence-corrected chi connectivity index (χ2v) is 10.9. The van der Waals surface area contributed by atoms with Crippen LogP contribution in [0.1, 0.15) is 22.6 Å². The van der Waals surface area contributed by atoms with Crippen LogP contribution >= 0.6 is 0 Å². The number of hydrogen-bond donors (Lipinski definition) is 0. The van der Waals surface area contributed by atoms with Gasteiger partial charge in [0.2, 0.25) is 0 Å². The Kier molecular flexibility index (Phi) is 4.73. The minimum atomic E-state index is 0.0127. The van der Waals surface area contributed by atoms with E-state index in [1.807, 2.05) is 6.20 Å². The van der Waals surface area contributed by atoms with Crippen LogP contribution in [-0.4, -0.2) is 16.1 Å². The van der Waals surface area contributed by atoms with E-state index >= 15 is 0 Å². The van der Waals surface area contributed by atoms with Crippen molar-refractivity contribution in [3.05, 3.63) is 144 Å². The standard InChI is InChI=1S/C38H24N2O/c1-2-12-26-23(9-1)19-20-34-35(26)36-27(17-8-18-33(36)41-34)24-10-7-11-25(21-24)32-22-39-37-30-15-5-3-13-28(30)29-14-4-6-16-31(29)38(37)40-32/h1-22,34-35H. The van der Waals surface area contributed by atoms with Crippen LogP contribution in [0.25, 0.3) is 61.0 Å². The lowest BCUT2D eigenvalue weighted by Gasteiger charge is -2.24. The van der Waals surface area contributed by atoms with Gasteiger partial charge in [0.1, 0.15) is 11.9 Å². The van der Waals surface area contributed by atoms with E-state index in [0.717, 1.165) is 44.4 Å². The molecular formula is C38H24N2O. The van der Waals surface area contributed by atoms with Crippen molar-refractivity contribution < 1.29 is 4.74 Å². The second-order valence-electron chi connectivity index (χ2n) is 10.9. The van der Waals surface area contributed by atoms with Crippen LogP contribution in [0.3, 0.4) is 0 Å². The van der Waals surface area contributed by atoms with Crippen molar-refractivity contribution in [1.29, 1.82) is 0 Å². The quantitative estimate of drug-likeness (QED) is 0.212. The van der Waals surface area contributed by atoms with E-state index in [9.17, 15) is 0 Å². The molecule has 3 heteroatoms. The number of nitrogens with zero attached hydrogens (tertiary/aromatic N) is 2. The van der Waals surface area contributed by atoms with Crippen LogP contribution in [0.15, 0.2) is 128 Å². The zero-order valence-electron chi connectivity index (χ0n) is 22.2. The molecule has 7 aromatic rings. The first kappa shape index (κ1) is 22.5. The molecule has 1 aliphatic carbocycles. The van der Waals surface area contributed by atoms with Gasteiger partial charge in [-0.15, -0.1) is 0 Å². The molecule has 1 aliphatic heterocycles. The summed E-state index contributed by atoms with van der Waals surface area (Å²) in [5.41, 5.74) is 9.99. The summed E-state index contributed by atoms with van der Waals surface area (Å²) in [6.07, 6.45) is 6.32. The maximum atomic E-state index is 6.46. The molecule has 1 aromatic heterocycles. The van der Waals surface area contributed by atoms with Gasteiger partial charge in [-0.1, -0.05) is 109 Å². The zero-order chi connectivity index (χ0) is 26.9. The summed E-state index contributed by atoms with van der Waals surface area (Å²) in [4.78, 5) is 10.2. The van der Waals surface area contributed by atoms with Crippen molar-refractivity contribution in [3.8, 4) is 28.1 Å². The van der Waals surface area contributed by atoms with Crippen molar-refractivity contribution in [2.75, 3.05) is 0 Å². The largest absolute Gasteiger partial charge is 0.485 e. The minimum absolute atomic E-state index is 0.0127. The summed E-state index contributed by atoms with van der Waals surface area (Å²) in [6, 6.07) is 40.7. The van der Waals surface area contributed by atoms with Gasteiger partial charge in [-0.25, -0.2) is 4.98 Å². The number of aromatic nitrogens is 2. The Hall–Kier alpha value is -5.28. The second kappa shape index (κ2) is 8.61. The zero-order valence-corrected chi connectivity index (χ0v) is 22.2. The molecule has 0 amide bonds. The Bertz CT molecular complexity index is 2180. The summed E-state index contributed by atoms with van der Waals surface area (Å²) >= 11 is 0. The van der Waals surface area contributed by atoms with Gasteiger partial charge in [-0.2, -0.15) is 0 Å². The van der Waals surface area contributed by atoms with Crippen molar-refractivity contribution in [2.45, 2.75) is 12.0 Å². The van der Waals surface area contributed by atoms with Crippen molar-refractivity contribution in [2.24, 2.45) is 0 Å². The molecule has 2 atom stereocenters. The van der Waals surface area contributed by atoms with E-state index in [1.165, 1.54) is 33.0 Å². The first-order valence-electron chi connectivity index (χ1n) is 14.1. The molecule has 2 unspecified atom stereocenters. The third-order valence-electron chi connectivity index (χ3n) is 8.66. The summed E-state index contributed by atoms with van der Waals surface area (Å²) in [6.45, 7) is 0. The SMILES string of the molecule is C1=CC2Oc3cccc(-c4cccc(-c5cnc6c7ccccc7c7ccccc7c6n5)c4)c3C2c2ccccc21. The summed E-state index contributed by atoms with van der Waals surface area (Å²) < 4.78 is 6.46. The predicted molar refractivity (Wildman–Crippen MR) is 167 cm³/mol. The Morgan fingerprint density at radius 2 is 1.32 bits per heavy atom. The molecule has 0 fully saturated rings. The van der Waals surface area contributed by atoms with Gasteiger partial charge in [0.15, 0.2) is 0 Å². The van der Waals surface area contributed by atoms with E-state index < -0.39 is 0 Å². The highest BCUT2D eigenvalue weighted by Crippen LogP contribution is 2.50. The Labute approximate surface area is 237 Å². The van der Waals surface area contributed by atoms with Crippen molar-refractivity contribution in [1.82, 2.24) is 9.97 Å². The number of benzene rings is 6. The summed E-state index contributed by atoms with van der Waals surface area (Å²) in [7, 11) is 0. The number of fused-ring (bicyclic) bond motifs is 11. The summed E-state index contributed by atoms with van der Waals surface area (Å²) in [5.74, 6) is 1.14. The van der Waals surface area contributed by atoms with E-state index in [-0.39, 0.29) is 12.0 Å². The van der Waals surface area contributed by atoms with Crippen LogP contribution < -0.4 is 4.74 Å². The van der Waals surface area contributed by atoms with Gasteiger partial charge in [-0.05, 0) is 51.2 Å². The first-order chi connectivity index (χ1) is 20.3. The predicted octanol–water partition coefficient (Wildman–Crippen LogP) is 9.19. The smallest absolute Gasteiger partial charge is 0.128 e. The van der Waals surface area contributed by atoms with Crippen LogP contribution in [0.4, 0.5) is 0 Å². The van der Waals surface area contributed by atoms with Crippen LogP contribution in [0.2, 0.25) is 0 Å². The highest BCUT2D eigenvalue weighted by atomic mass is 16.5. The number of ether oxygens (including phenoxy) is 1. The normalized spacial score (nSPS) is 16.9. The molecule has 192 valence electrons. The fourth-order valence-corrected chi connectivity index (χ4v) is 6.83. The molecule has 3 nitrogen and oxygen atoms in total. The molecule has 0 radical (unpaired) electrons. The van der Waals surface area contributed by atoms with E-state index in [2.05, 4.69) is 127 Å². The van der Waals surface area contributed by atoms with Crippen molar-refractivity contribution >= 4 is 38.7 Å². The minimum Gasteiger partial charge on any atom is -0.485 e. The van der Waals surface area contributed by atoms with Gasteiger partial charge in [0.25, 0.3) is 0 Å². The molecule has 0 saturated carbocycles. The number of rotatable bonds is 2. The lowest BCUT2D eigenvalue weighted by molar-refractivity contribution is 0.267. The van der Waals surface area contributed by atoms with Gasteiger partial charge in [-0.3, -0.25) is 4.98 Å². The molecule has 0 saturated heterocycles. The molecule has 0 bridgehead atoms. The maximum absolute atomic E-state index is 6.46.